The van der Waals surface area contributed by atoms with Gasteiger partial charge >= 0.3 is 6.18 Å². The number of hydrogen-bond donors (Lipinski definition) is 0. The van der Waals surface area contributed by atoms with Crippen molar-refractivity contribution in [2.75, 3.05) is 13.2 Å². The molecule has 0 fully saturated rings. The topological polar surface area (TPSA) is 31.2 Å². The normalized spacial score (nSPS) is 11.8. The summed E-state index contributed by atoms with van der Waals surface area (Å²) in [6.07, 6.45) is -2.12. The Morgan fingerprint density at radius 3 is 2.76 bits per heavy atom. The first kappa shape index (κ1) is 13.8. The van der Waals surface area contributed by atoms with E-state index < -0.39 is 12.8 Å². The Bertz CT molecular complexity index is 371. The van der Waals surface area contributed by atoms with E-state index >= 15 is 0 Å². The van der Waals surface area contributed by atoms with Crippen LogP contribution in [0.1, 0.15) is 23.8 Å². The summed E-state index contributed by atoms with van der Waals surface area (Å²) >= 11 is 0. The van der Waals surface area contributed by atoms with E-state index in [1.165, 1.54) is 6.92 Å². The maximum atomic E-state index is 11.8. The van der Waals surface area contributed by atoms with Crippen molar-refractivity contribution in [3.63, 3.8) is 0 Å². The fraction of sp³-hybridized carbons (Fsp3) is 0.545. The highest BCUT2D eigenvalue weighted by Gasteiger charge is 2.27. The molecule has 6 heteroatoms. The molecule has 1 aromatic heterocycles. The van der Waals surface area contributed by atoms with Crippen LogP contribution in [0.25, 0.3) is 0 Å². The fourth-order valence-corrected chi connectivity index (χ4v) is 1.45. The summed E-state index contributed by atoms with van der Waals surface area (Å²) in [6, 6.07) is 3.41. The van der Waals surface area contributed by atoms with E-state index in [9.17, 15) is 18.0 Å². The summed E-state index contributed by atoms with van der Waals surface area (Å²) in [5, 5.41) is 0. The van der Waals surface area contributed by atoms with Gasteiger partial charge in [-0.25, -0.2) is 0 Å². The number of alkyl halides is 3. The van der Waals surface area contributed by atoms with Crippen LogP contribution in [0.4, 0.5) is 13.2 Å². The Balaban J connectivity index is 2.27. The smallest absolute Gasteiger partial charge is 0.372 e. The molecule has 0 amide bonds. The molecule has 0 saturated heterocycles. The summed E-state index contributed by atoms with van der Waals surface area (Å²) in [7, 11) is 0. The van der Waals surface area contributed by atoms with Crippen LogP contribution in [-0.4, -0.2) is 29.7 Å². The number of Topliss-reactive ketones (excluding diaryl/α,β-unsaturated/α-hetero) is 1. The predicted octanol–water partition coefficient (Wildman–Crippen LogP) is 2.66. The lowest BCUT2D eigenvalue weighted by atomic mass is 10.3. The Labute approximate surface area is 97.2 Å². The molecule has 1 aromatic rings. The molecular formula is C11H14F3NO2. The number of ketones is 1. The molecule has 0 atom stereocenters. The van der Waals surface area contributed by atoms with E-state index in [0.717, 1.165) is 0 Å². The lowest BCUT2D eigenvalue weighted by molar-refractivity contribution is -0.174. The number of nitrogens with zero attached hydrogens (tertiary/aromatic N) is 1. The van der Waals surface area contributed by atoms with Gasteiger partial charge in [0, 0.05) is 26.3 Å². The molecular weight excluding hydrogens is 235 g/mol. The fourth-order valence-electron chi connectivity index (χ4n) is 1.45. The van der Waals surface area contributed by atoms with Crippen LogP contribution in [0.3, 0.4) is 0 Å². The standard InChI is InChI=1S/C11H14F3NO2/c1-9(16)10-4-2-5-15(10)6-3-7-17-8-11(12,13)14/h2,4-5H,3,6-8H2,1H3. The average Bonchev–Trinajstić information content (AvgIpc) is 2.63. The van der Waals surface area contributed by atoms with Crippen molar-refractivity contribution in [1.29, 1.82) is 0 Å². The molecule has 0 radical (unpaired) electrons. The molecule has 96 valence electrons. The molecule has 0 saturated carbocycles. The molecule has 17 heavy (non-hydrogen) atoms. The summed E-state index contributed by atoms with van der Waals surface area (Å²) in [4.78, 5) is 11.1. The Morgan fingerprint density at radius 1 is 1.47 bits per heavy atom. The van der Waals surface area contributed by atoms with Gasteiger partial charge in [0.1, 0.15) is 6.61 Å². The number of halogens is 3. The van der Waals surface area contributed by atoms with Crippen molar-refractivity contribution >= 4 is 5.78 Å². The summed E-state index contributed by atoms with van der Waals surface area (Å²) < 4.78 is 41.4. The van der Waals surface area contributed by atoms with Crippen LogP contribution in [0, 0.1) is 0 Å². The molecule has 3 nitrogen and oxygen atoms in total. The quantitative estimate of drug-likeness (QED) is 0.573. The van der Waals surface area contributed by atoms with Crippen molar-refractivity contribution in [3.8, 4) is 0 Å². The van der Waals surface area contributed by atoms with Gasteiger partial charge in [0.2, 0.25) is 0 Å². The summed E-state index contributed by atoms with van der Waals surface area (Å²) in [6.45, 7) is 0.721. The van der Waals surface area contributed by atoms with Gasteiger partial charge in [-0.3, -0.25) is 4.79 Å². The third kappa shape index (κ3) is 5.04. The van der Waals surface area contributed by atoms with E-state index in [1.54, 1.807) is 22.9 Å². The van der Waals surface area contributed by atoms with Crippen LogP contribution in [-0.2, 0) is 11.3 Å². The van der Waals surface area contributed by atoms with Crippen LogP contribution in [0.5, 0.6) is 0 Å². The van der Waals surface area contributed by atoms with Crippen LogP contribution in [0.2, 0.25) is 0 Å². The third-order valence-electron chi connectivity index (χ3n) is 2.14. The van der Waals surface area contributed by atoms with Crippen molar-refractivity contribution in [1.82, 2.24) is 4.57 Å². The minimum absolute atomic E-state index is 0.0229. The third-order valence-corrected chi connectivity index (χ3v) is 2.14. The number of aryl methyl sites for hydroxylation is 1. The van der Waals surface area contributed by atoms with Gasteiger partial charge < -0.3 is 9.30 Å². The highest BCUT2D eigenvalue weighted by molar-refractivity contribution is 5.92. The minimum Gasteiger partial charge on any atom is -0.372 e. The Morgan fingerprint density at radius 2 is 2.18 bits per heavy atom. The van der Waals surface area contributed by atoms with Gasteiger partial charge in [-0.1, -0.05) is 0 Å². The van der Waals surface area contributed by atoms with Gasteiger partial charge in [0.25, 0.3) is 0 Å². The second kappa shape index (κ2) is 5.86. The number of carbonyl (C=O) groups is 1. The predicted molar refractivity (Wildman–Crippen MR) is 55.9 cm³/mol. The molecule has 0 aliphatic carbocycles. The highest BCUT2D eigenvalue weighted by atomic mass is 19.4. The first-order chi connectivity index (χ1) is 7.90. The SMILES string of the molecule is CC(=O)c1cccn1CCCOCC(F)(F)F. The van der Waals surface area contributed by atoms with E-state index in [2.05, 4.69) is 4.74 Å². The molecule has 0 aromatic carbocycles. The maximum absolute atomic E-state index is 11.8. The zero-order chi connectivity index (χ0) is 12.9. The molecule has 1 heterocycles. The second-order valence-electron chi connectivity index (χ2n) is 3.66. The molecule has 1 rings (SSSR count). The van der Waals surface area contributed by atoms with Gasteiger partial charge in [-0.05, 0) is 18.6 Å². The van der Waals surface area contributed by atoms with Gasteiger partial charge in [-0.2, -0.15) is 13.2 Å². The Hall–Kier alpha value is -1.30. The number of hydrogen-bond acceptors (Lipinski definition) is 2. The van der Waals surface area contributed by atoms with Crippen LogP contribution in [0.15, 0.2) is 18.3 Å². The lowest BCUT2D eigenvalue weighted by Gasteiger charge is -2.09. The molecule has 0 aliphatic heterocycles. The van der Waals surface area contributed by atoms with Gasteiger partial charge in [-0.15, -0.1) is 0 Å². The van der Waals surface area contributed by atoms with Crippen LogP contribution >= 0.6 is 0 Å². The zero-order valence-corrected chi connectivity index (χ0v) is 9.46. The Kier molecular flexibility index (Phi) is 4.74. The van der Waals surface area contributed by atoms with Crippen molar-refractivity contribution in [2.24, 2.45) is 0 Å². The zero-order valence-electron chi connectivity index (χ0n) is 9.46. The molecule has 0 spiro atoms. The monoisotopic (exact) mass is 249 g/mol. The molecule has 0 N–H and O–H groups in total. The van der Waals surface area contributed by atoms with E-state index in [4.69, 9.17) is 0 Å². The first-order valence-electron chi connectivity index (χ1n) is 5.21. The molecule has 0 bridgehead atoms. The van der Waals surface area contributed by atoms with E-state index in [-0.39, 0.29) is 12.4 Å². The minimum atomic E-state index is -4.28. The number of carbonyl (C=O) groups excluding carboxylic acids is 1. The second-order valence-corrected chi connectivity index (χ2v) is 3.66. The maximum Gasteiger partial charge on any atom is 0.411 e. The van der Waals surface area contributed by atoms with Crippen molar-refractivity contribution in [2.45, 2.75) is 26.1 Å². The number of aromatic nitrogens is 1. The summed E-state index contributed by atoms with van der Waals surface area (Å²) in [5.41, 5.74) is 0.556. The van der Waals surface area contributed by atoms with Gasteiger partial charge in [0.15, 0.2) is 5.78 Å². The van der Waals surface area contributed by atoms with Crippen LogP contribution < -0.4 is 0 Å². The highest BCUT2D eigenvalue weighted by Crippen LogP contribution is 2.14. The van der Waals surface area contributed by atoms with E-state index in [0.29, 0.717) is 18.7 Å². The van der Waals surface area contributed by atoms with Crippen molar-refractivity contribution < 1.29 is 22.7 Å². The lowest BCUT2D eigenvalue weighted by Crippen LogP contribution is -2.18. The first-order valence-corrected chi connectivity index (χ1v) is 5.21. The van der Waals surface area contributed by atoms with Crippen molar-refractivity contribution in [3.05, 3.63) is 24.0 Å². The van der Waals surface area contributed by atoms with Gasteiger partial charge in [0.05, 0.1) is 5.69 Å². The number of ether oxygens (including phenoxy) is 1. The number of rotatable bonds is 6. The molecule has 0 aliphatic rings. The average molecular weight is 249 g/mol. The van der Waals surface area contributed by atoms with E-state index in [1.807, 2.05) is 0 Å². The molecule has 0 unspecified atom stereocenters. The summed E-state index contributed by atoms with van der Waals surface area (Å²) in [5.74, 6) is -0.0637. The largest absolute Gasteiger partial charge is 0.411 e.